The Morgan fingerprint density at radius 3 is 2.48 bits per heavy atom. The Morgan fingerprint density at radius 2 is 1.86 bits per heavy atom. The minimum Gasteiger partial charge on any atom is -0.392 e. The molecule has 1 heterocycles. The molecule has 0 aliphatic heterocycles. The predicted octanol–water partition coefficient (Wildman–Crippen LogP) is 4.36. The zero-order valence-corrected chi connectivity index (χ0v) is 15.6. The maximum absolute atomic E-state index is 13.1. The van der Waals surface area contributed by atoms with E-state index in [1.807, 2.05) is 0 Å². The maximum Gasteiger partial charge on any atom is 0.435 e. The lowest BCUT2D eigenvalue weighted by atomic mass is 10.2. The second kappa shape index (κ2) is 8.54. The second-order valence-corrected chi connectivity index (χ2v) is 6.51. The first-order valence-corrected chi connectivity index (χ1v) is 8.81. The first-order valence-electron chi connectivity index (χ1n) is 8.43. The molecule has 0 saturated heterocycles. The van der Waals surface area contributed by atoms with E-state index < -0.39 is 17.9 Å². The third-order valence-corrected chi connectivity index (χ3v) is 4.19. The number of aliphatic hydroxyl groups excluding tert-OH is 1. The van der Waals surface area contributed by atoms with Crippen LogP contribution >= 0.6 is 11.6 Å². The zero-order valence-electron chi connectivity index (χ0n) is 14.9. The molecule has 6 nitrogen and oxygen atoms in total. The third kappa shape index (κ3) is 5.27. The van der Waals surface area contributed by atoms with Crippen molar-refractivity contribution in [1.82, 2.24) is 15.1 Å². The van der Waals surface area contributed by atoms with Crippen LogP contribution in [0.25, 0.3) is 5.69 Å². The molecule has 10 heteroatoms. The molecule has 3 rings (SSSR count). The van der Waals surface area contributed by atoms with Gasteiger partial charge in [-0.3, -0.25) is 0 Å². The van der Waals surface area contributed by atoms with Crippen LogP contribution in [0, 0.1) is 0 Å². The summed E-state index contributed by atoms with van der Waals surface area (Å²) in [7, 11) is 0. The predicted molar refractivity (Wildman–Crippen MR) is 102 cm³/mol. The van der Waals surface area contributed by atoms with E-state index >= 15 is 0 Å². The van der Waals surface area contributed by atoms with Crippen LogP contribution in [0.5, 0.6) is 0 Å². The van der Waals surface area contributed by atoms with Gasteiger partial charge in [-0.05, 0) is 42.0 Å². The molecule has 2 amide bonds. The second-order valence-electron chi connectivity index (χ2n) is 6.07. The Hall–Kier alpha value is -3.04. The number of nitrogens with one attached hydrogen (secondary N) is 2. The maximum atomic E-state index is 13.1. The molecule has 29 heavy (non-hydrogen) atoms. The molecule has 152 valence electrons. The van der Waals surface area contributed by atoms with E-state index in [0.717, 1.165) is 10.7 Å². The molecule has 2 aromatic carbocycles. The number of benzene rings is 2. The van der Waals surface area contributed by atoms with Crippen molar-refractivity contribution in [3.63, 3.8) is 0 Å². The van der Waals surface area contributed by atoms with Crippen LogP contribution < -0.4 is 10.6 Å². The molecule has 0 aliphatic rings. The van der Waals surface area contributed by atoms with Gasteiger partial charge in [0.2, 0.25) is 0 Å². The van der Waals surface area contributed by atoms with Gasteiger partial charge in [-0.2, -0.15) is 18.3 Å². The summed E-state index contributed by atoms with van der Waals surface area (Å²) in [6.07, 6.45) is -4.63. The smallest absolute Gasteiger partial charge is 0.392 e. The fourth-order valence-corrected chi connectivity index (χ4v) is 2.74. The van der Waals surface area contributed by atoms with Crippen LogP contribution in [0.1, 0.15) is 17.0 Å². The molecule has 0 radical (unpaired) electrons. The number of aromatic nitrogens is 2. The summed E-state index contributed by atoms with van der Waals surface area (Å²) >= 11 is 5.92. The highest BCUT2D eigenvalue weighted by Gasteiger charge is 2.35. The van der Waals surface area contributed by atoms with Crippen LogP contribution in [0.4, 0.5) is 23.7 Å². The Labute approximate surface area is 168 Å². The molecule has 0 spiro atoms. The number of rotatable bonds is 5. The summed E-state index contributed by atoms with van der Waals surface area (Å²) in [6, 6.07) is 13.0. The molecule has 0 atom stereocenters. The highest BCUT2D eigenvalue weighted by molar-refractivity contribution is 6.30. The van der Waals surface area contributed by atoms with Crippen LogP contribution in [-0.2, 0) is 19.3 Å². The number of nitrogens with zero attached hydrogens (tertiary/aromatic N) is 2. The quantitative estimate of drug-likeness (QED) is 0.569. The highest BCUT2D eigenvalue weighted by atomic mass is 35.5. The third-order valence-electron chi connectivity index (χ3n) is 3.95. The molecule has 0 saturated carbocycles. The van der Waals surface area contributed by atoms with Crippen molar-refractivity contribution in [2.24, 2.45) is 0 Å². The van der Waals surface area contributed by atoms with Gasteiger partial charge in [0.1, 0.15) is 0 Å². The molecule has 3 N–H and O–H groups in total. The van der Waals surface area contributed by atoms with Gasteiger partial charge in [-0.15, -0.1) is 0 Å². The molecule has 0 fully saturated rings. The van der Waals surface area contributed by atoms with E-state index in [9.17, 15) is 18.0 Å². The van der Waals surface area contributed by atoms with Crippen LogP contribution in [0.15, 0.2) is 54.6 Å². The van der Waals surface area contributed by atoms with Crippen molar-refractivity contribution >= 4 is 23.3 Å². The van der Waals surface area contributed by atoms with E-state index in [2.05, 4.69) is 15.7 Å². The fraction of sp³-hybridized carbons (Fsp3) is 0.158. The van der Waals surface area contributed by atoms with Gasteiger partial charge < -0.3 is 15.7 Å². The number of amides is 2. The Morgan fingerprint density at radius 1 is 1.14 bits per heavy atom. The number of alkyl halides is 3. The Kier molecular flexibility index (Phi) is 6.09. The van der Waals surface area contributed by atoms with Gasteiger partial charge in [0, 0.05) is 10.7 Å². The Balaban J connectivity index is 1.76. The number of anilines is 1. The number of hydrogen-bond acceptors (Lipinski definition) is 3. The summed E-state index contributed by atoms with van der Waals surface area (Å²) in [5, 5.41) is 18.0. The fourth-order valence-electron chi connectivity index (χ4n) is 2.56. The first-order chi connectivity index (χ1) is 13.8. The van der Waals surface area contributed by atoms with E-state index in [0.29, 0.717) is 22.0 Å². The minimum absolute atomic E-state index is 0.124. The lowest BCUT2D eigenvalue weighted by Gasteiger charge is -2.10. The standard InChI is InChI=1S/C19H16ClF3N4O2/c20-13-2-1-3-15(8-13)27-16(9-17(26-27)19(21,22)23)10-24-18(29)25-14-6-4-12(11-28)5-7-14/h1-9,28H,10-11H2,(H2,24,25,29). The zero-order chi connectivity index (χ0) is 21.0. The summed E-state index contributed by atoms with van der Waals surface area (Å²) in [5.41, 5.74) is 0.546. The average Bonchev–Trinajstić information content (AvgIpc) is 3.12. The molecule has 0 bridgehead atoms. The summed E-state index contributed by atoms with van der Waals surface area (Å²) in [4.78, 5) is 12.1. The summed E-state index contributed by atoms with van der Waals surface area (Å²) in [5.74, 6) is 0. The van der Waals surface area contributed by atoms with Gasteiger partial charge >= 0.3 is 12.2 Å². The van der Waals surface area contributed by atoms with E-state index in [4.69, 9.17) is 16.7 Å². The lowest BCUT2D eigenvalue weighted by Crippen LogP contribution is -2.29. The van der Waals surface area contributed by atoms with Crippen molar-refractivity contribution in [2.75, 3.05) is 5.32 Å². The average molecular weight is 425 g/mol. The van der Waals surface area contributed by atoms with Crippen LogP contribution in [-0.4, -0.2) is 20.9 Å². The van der Waals surface area contributed by atoms with Crippen molar-refractivity contribution in [2.45, 2.75) is 19.3 Å². The van der Waals surface area contributed by atoms with E-state index in [-0.39, 0.29) is 18.8 Å². The van der Waals surface area contributed by atoms with Gasteiger partial charge in [0.05, 0.1) is 24.5 Å². The summed E-state index contributed by atoms with van der Waals surface area (Å²) < 4.78 is 40.4. The molecule has 0 unspecified atom stereocenters. The number of halogens is 4. The van der Waals surface area contributed by atoms with Gasteiger partial charge in [0.25, 0.3) is 0 Å². The monoisotopic (exact) mass is 424 g/mol. The van der Waals surface area contributed by atoms with Crippen molar-refractivity contribution < 1.29 is 23.1 Å². The lowest BCUT2D eigenvalue weighted by molar-refractivity contribution is -0.141. The number of urea groups is 1. The van der Waals surface area contributed by atoms with Crippen LogP contribution in [0.2, 0.25) is 5.02 Å². The van der Waals surface area contributed by atoms with Gasteiger partial charge in [-0.1, -0.05) is 29.8 Å². The first kappa shape index (κ1) is 20.7. The summed E-state index contributed by atoms with van der Waals surface area (Å²) in [6.45, 7) is -0.322. The molecular weight excluding hydrogens is 409 g/mol. The molecular formula is C19H16ClF3N4O2. The number of carbonyl (C=O) groups excluding carboxylic acids is 1. The minimum atomic E-state index is -4.63. The van der Waals surface area contributed by atoms with Crippen molar-refractivity contribution in [1.29, 1.82) is 0 Å². The normalized spacial score (nSPS) is 11.3. The van der Waals surface area contributed by atoms with Crippen LogP contribution in [0.3, 0.4) is 0 Å². The van der Waals surface area contributed by atoms with Crippen molar-refractivity contribution in [3.8, 4) is 5.69 Å². The van der Waals surface area contributed by atoms with Gasteiger partial charge in [0.15, 0.2) is 5.69 Å². The molecule has 0 aliphatic carbocycles. The van der Waals surface area contributed by atoms with E-state index in [1.165, 1.54) is 6.07 Å². The topological polar surface area (TPSA) is 79.2 Å². The number of aliphatic hydroxyl groups is 1. The number of carbonyl (C=O) groups is 1. The van der Waals surface area contributed by atoms with E-state index in [1.54, 1.807) is 42.5 Å². The molecule has 3 aromatic rings. The van der Waals surface area contributed by atoms with Crippen molar-refractivity contribution in [3.05, 3.63) is 76.6 Å². The highest BCUT2D eigenvalue weighted by Crippen LogP contribution is 2.30. The molecule has 1 aromatic heterocycles. The number of hydrogen-bond donors (Lipinski definition) is 3. The van der Waals surface area contributed by atoms with Gasteiger partial charge in [-0.25, -0.2) is 9.48 Å². The largest absolute Gasteiger partial charge is 0.435 e. The Bertz CT molecular complexity index is 1000. The SMILES string of the molecule is O=C(NCc1cc(C(F)(F)F)nn1-c1cccc(Cl)c1)Nc1ccc(CO)cc1.